The minimum absolute atomic E-state index is 0.0654. The van der Waals surface area contributed by atoms with Gasteiger partial charge in [-0.1, -0.05) is 11.6 Å². The van der Waals surface area contributed by atoms with Crippen molar-refractivity contribution in [2.24, 2.45) is 5.73 Å². The van der Waals surface area contributed by atoms with E-state index in [0.29, 0.717) is 0 Å². The van der Waals surface area contributed by atoms with Gasteiger partial charge in [-0.25, -0.2) is 13.2 Å². The fraction of sp³-hybridized carbons (Fsp3) is 0.500. The van der Waals surface area contributed by atoms with E-state index < -0.39 is 43.7 Å². The lowest BCUT2D eigenvalue weighted by molar-refractivity contribution is 0.0704. The van der Waals surface area contributed by atoms with Gasteiger partial charge in [0, 0.05) is 13.2 Å². The van der Waals surface area contributed by atoms with Crippen LogP contribution in [-0.4, -0.2) is 44.3 Å². The van der Waals surface area contributed by atoms with Crippen molar-refractivity contribution in [2.45, 2.75) is 28.9 Å². The Morgan fingerprint density at radius 1 is 1.42 bits per heavy atom. The fourth-order valence-corrected chi connectivity index (χ4v) is 5.38. The van der Waals surface area contributed by atoms with Crippen LogP contribution in [0, 0.1) is 0 Å². The van der Waals surface area contributed by atoms with Crippen LogP contribution >= 0.6 is 11.6 Å². The number of aromatic hydroxyl groups is 1. The Balaban J connectivity index is 2.61. The van der Waals surface area contributed by atoms with Crippen molar-refractivity contribution in [3.05, 3.63) is 17.2 Å². The first kappa shape index (κ1) is 18.8. The number of hydrogen-bond donors (Lipinski definition) is 2. The van der Waals surface area contributed by atoms with Gasteiger partial charge in [-0.3, -0.25) is 4.39 Å². The van der Waals surface area contributed by atoms with Crippen molar-refractivity contribution in [2.75, 3.05) is 19.9 Å². The van der Waals surface area contributed by atoms with Gasteiger partial charge < -0.3 is 20.3 Å². The second kappa shape index (κ2) is 7.12. The second-order valence-corrected chi connectivity index (χ2v) is 8.07. The standard InChI is InChI=1S/C14H17ClFNO6S/c15-9-1-2-10(23-13(17)19)11(18)12(9)24(20,21)14(3-6-16)4-7-22-8-5-14/h1-2,18H,3-8H2,(H2,17,19). The number of carbonyl (C=O) groups is 1. The van der Waals surface area contributed by atoms with Crippen LogP contribution in [0.4, 0.5) is 9.18 Å². The highest BCUT2D eigenvalue weighted by molar-refractivity contribution is 7.93. The third-order valence-corrected chi connectivity index (χ3v) is 7.18. The lowest BCUT2D eigenvalue weighted by atomic mass is 9.96. The lowest BCUT2D eigenvalue weighted by Gasteiger charge is -2.36. The zero-order valence-corrected chi connectivity index (χ0v) is 14.2. The highest BCUT2D eigenvalue weighted by Gasteiger charge is 2.48. The molecule has 0 atom stereocenters. The Kier molecular flexibility index (Phi) is 5.56. The molecule has 1 aliphatic rings. The lowest BCUT2D eigenvalue weighted by Crippen LogP contribution is -2.44. The molecule has 2 rings (SSSR count). The molecule has 24 heavy (non-hydrogen) atoms. The Hall–Kier alpha value is -1.58. The van der Waals surface area contributed by atoms with Gasteiger partial charge in [0.1, 0.15) is 4.90 Å². The molecule has 134 valence electrons. The number of primary amides is 1. The molecule has 0 radical (unpaired) electrons. The fourth-order valence-electron chi connectivity index (χ4n) is 2.76. The molecule has 10 heteroatoms. The zero-order chi connectivity index (χ0) is 18.0. The number of sulfone groups is 1. The highest BCUT2D eigenvalue weighted by atomic mass is 35.5. The summed E-state index contributed by atoms with van der Waals surface area (Å²) in [7, 11) is -4.24. The van der Waals surface area contributed by atoms with Crippen LogP contribution < -0.4 is 10.5 Å². The maximum absolute atomic E-state index is 13.1. The number of carbonyl (C=O) groups excluding carboxylic acids is 1. The number of hydrogen-bond acceptors (Lipinski definition) is 6. The third kappa shape index (κ3) is 3.28. The van der Waals surface area contributed by atoms with Gasteiger partial charge in [0.05, 0.1) is 16.4 Å². The summed E-state index contributed by atoms with van der Waals surface area (Å²) in [4.78, 5) is 10.3. The molecule has 1 heterocycles. The summed E-state index contributed by atoms with van der Waals surface area (Å²) in [5.74, 6) is -1.26. The normalized spacial score (nSPS) is 17.4. The van der Waals surface area contributed by atoms with E-state index in [9.17, 15) is 22.7 Å². The molecule has 1 saturated heterocycles. The van der Waals surface area contributed by atoms with Crippen molar-refractivity contribution < 1.29 is 32.2 Å². The summed E-state index contributed by atoms with van der Waals surface area (Å²) in [5.41, 5.74) is 4.89. The molecule has 0 aliphatic carbocycles. The molecular formula is C14H17ClFNO6S. The van der Waals surface area contributed by atoms with E-state index in [-0.39, 0.29) is 37.5 Å². The van der Waals surface area contributed by atoms with E-state index in [1.165, 1.54) is 0 Å². The summed E-state index contributed by atoms with van der Waals surface area (Å²) in [6, 6.07) is 2.28. The van der Waals surface area contributed by atoms with Crippen LogP contribution in [-0.2, 0) is 14.6 Å². The minimum atomic E-state index is -4.24. The molecule has 1 aromatic rings. The number of alkyl halides is 1. The summed E-state index contributed by atoms with van der Waals surface area (Å²) >= 11 is 5.97. The molecule has 3 N–H and O–H groups in total. The van der Waals surface area contributed by atoms with E-state index in [0.717, 1.165) is 12.1 Å². The van der Waals surface area contributed by atoms with E-state index in [1.807, 2.05) is 0 Å². The van der Waals surface area contributed by atoms with Gasteiger partial charge >= 0.3 is 6.09 Å². The Bertz CT molecular complexity index is 728. The maximum Gasteiger partial charge on any atom is 0.410 e. The average Bonchev–Trinajstić information content (AvgIpc) is 2.51. The van der Waals surface area contributed by atoms with Gasteiger partial charge in [-0.15, -0.1) is 0 Å². The van der Waals surface area contributed by atoms with E-state index in [1.54, 1.807) is 0 Å². The van der Waals surface area contributed by atoms with E-state index in [4.69, 9.17) is 22.1 Å². The predicted molar refractivity (Wildman–Crippen MR) is 83.9 cm³/mol. The van der Waals surface area contributed by atoms with E-state index in [2.05, 4.69) is 4.74 Å². The largest absolute Gasteiger partial charge is 0.503 e. The van der Waals surface area contributed by atoms with Crippen LogP contribution in [0.1, 0.15) is 19.3 Å². The third-order valence-electron chi connectivity index (χ3n) is 4.05. The van der Waals surface area contributed by atoms with Crippen molar-refractivity contribution >= 4 is 27.5 Å². The molecule has 1 fully saturated rings. The van der Waals surface area contributed by atoms with Crippen LogP contribution in [0.2, 0.25) is 5.02 Å². The summed E-state index contributed by atoms with van der Waals surface area (Å²) in [5, 5.41) is 9.99. The number of nitrogens with two attached hydrogens (primary N) is 1. The number of benzene rings is 1. The molecule has 0 unspecified atom stereocenters. The van der Waals surface area contributed by atoms with Crippen LogP contribution in [0.25, 0.3) is 0 Å². The van der Waals surface area contributed by atoms with Gasteiger partial charge in [-0.05, 0) is 31.4 Å². The molecule has 1 amide bonds. The van der Waals surface area contributed by atoms with Crippen LogP contribution in [0.15, 0.2) is 17.0 Å². The van der Waals surface area contributed by atoms with Gasteiger partial charge in [0.15, 0.2) is 21.3 Å². The molecule has 7 nitrogen and oxygen atoms in total. The predicted octanol–water partition coefficient (Wildman–Crippen LogP) is 2.19. The molecular weight excluding hydrogens is 365 g/mol. The van der Waals surface area contributed by atoms with Gasteiger partial charge in [0.2, 0.25) is 0 Å². The Morgan fingerprint density at radius 2 is 2.04 bits per heavy atom. The highest BCUT2D eigenvalue weighted by Crippen LogP contribution is 2.46. The quantitative estimate of drug-likeness (QED) is 0.807. The van der Waals surface area contributed by atoms with Gasteiger partial charge in [0.25, 0.3) is 0 Å². The number of amides is 1. The maximum atomic E-state index is 13.1. The monoisotopic (exact) mass is 381 g/mol. The Morgan fingerprint density at radius 3 is 2.58 bits per heavy atom. The number of halogens is 2. The summed E-state index contributed by atoms with van der Waals surface area (Å²) in [6.45, 7) is -0.556. The van der Waals surface area contributed by atoms with Crippen LogP contribution in [0.3, 0.4) is 0 Å². The molecule has 1 aromatic carbocycles. The number of phenolic OH excluding ortho intramolecular Hbond substituents is 1. The SMILES string of the molecule is NC(=O)Oc1ccc(Cl)c(S(=O)(=O)C2(CCF)CCOCC2)c1O. The molecule has 1 aliphatic heterocycles. The first-order valence-electron chi connectivity index (χ1n) is 7.12. The summed E-state index contributed by atoms with van der Waals surface area (Å²) in [6.07, 6.45) is -1.35. The van der Waals surface area contributed by atoms with Crippen molar-refractivity contribution in [3.8, 4) is 11.5 Å². The Labute approximate surface area is 143 Å². The first-order valence-corrected chi connectivity index (χ1v) is 8.98. The molecule has 0 aromatic heterocycles. The second-order valence-electron chi connectivity index (χ2n) is 5.38. The zero-order valence-electron chi connectivity index (χ0n) is 12.6. The number of rotatable bonds is 5. The van der Waals surface area contributed by atoms with Crippen molar-refractivity contribution in [1.82, 2.24) is 0 Å². The van der Waals surface area contributed by atoms with Crippen molar-refractivity contribution in [1.29, 1.82) is 0 Å². The minimum Gasteiger partial charge on any atom is -0.503 e. The molecule has 0 bridgehead atoms. The number of phenols is 1. The average molecular weight is 382 g/mol. The molecule has 0 saturated carbocycles. The van der Waals surface area contributed by atoms with Crippen LogP contribution in [0.5, 0.6) is 11.5 Å². The van der Waals surface area contributed by atoms with Crippen molar-refractivity contribution in [3.63, 3.8) is 0 Å². The smallest absolute Gasteiger partial charge is 0.410 e. The first-order chi connectivity index (χ1) is 11.2. The van der Waals surface area contributed by atoms with Gasteiger partial charge in [-0.2, -0.15) is 0 Å². The van der Waals surface area contributed by atoms with E-state index >= 15 is 0 Å². The topological polar surface area (TPSA) is 116 Å². The number of ether oxygens (including phenoxy) is 2. The summed E-state index contributed by atoms with van der Waals surface area (Å²) < 4.78 is 47.6. The molecule has 0 spiro atoms.